The van der Waals surface area contributed by atoms with Crippen LogP contribution in [0.3, 0.4) is 0 Å². The van der Waals surface area contributed by atoms with Crippen molar-refractivity contribution in [2.24, 2.45) is 5.73 Å². The summed E-state index contributed by atoms with van der Waals surface area (Å²) in [5.41, 5.74) is 6.43. The van der Waals surface area contributed by atoms with Crippen LogP contribution in [-0.4, -0.2) is 12.6 Å². The monoisotopic (exact) mass is 245 g/mol. The molecule has 16 heavy (non-hydrogen) atoms. The molecule has 0 amide bonds. The van der Waals surface area contributed by atoms with E-state index in [1.807, 2.05) is 13.8 Å². The minimum Gasteiger partial charge on any atom is -0.492 e. The molecule has 0 bridgehead atoms. The van der Waals surface area contributed by atoms with Crippen molar-refractivity contribution in [3.05, 3.63) is 28.5 Å². The predicted molar refractivity (Wildman–Crippen MR) is 64.5 cm³/mol. The third kappa shape index (κ3) is 3.65. The van der Waals surface area contributed by atoms with Crippen molar-refractivity contribution >= 4 is 11.6 Å². The van der Waals surface area contributed by atoms with E-state index >= 15 is 0 Å². The Kier molecular flexibility index (Phi) is 5.03. The zero-order valence-electron chi connectivity index (χ0n) is 9.59. The van der Waals surface area contributed by atoms with Gasteiger partial charge in [-0.1, -0.05) is 18.5 Å². The average Bonchev–Trinajstić information content (AvgIpc) is 2.15. The van der Waals surface area contributed by atoms with Crippen molar-refractivity contribution in [1.82, 2.24) is 0 Å². The molecular weight excluding hydrogens is 229 g/mol. The van der Waals surface area contributed by atoms with E-state index in [0.717, 1.165) is 12.0 Å². The number of rotatable bonds is 5. The lowest BCUT2D eigenvalue weighted by molar-refractivity contribution is 0.313. The SMILES string of the molecule is CCCOc1c(Cl)cc(F)cc1CC(C)N. The van der Waals surface area contributed by atoms with Crippen LogP contribution in [0.5, 0.6) is 5.75 Å². The number of hydrogen-bond donors (Lipinski definition) is 1. The van der Waals surface area contributed by atoms with Crippen molar-refractivity contribution in [2.45, 2.75) is 32.7 Å². The summed E-state index contributed by atoms with van der Waals surface area (Å²) in [7, 11) is 0. The van der Waals surface area contributed by atoms with Crippen LogP contribution in [0, 0.1) is 5.82 Å². The summed E-state index contributed by atoms with van der Waals surface area (Å²) in [5, 5.41) is 0.309. The summed E-state index contributed by atoms with van der Waals surface area (Å²) in [5.74, 6) is 0.201. The molecular formula is C12H17ClFNO. The molecule has 1 atom stereocenters. The molecule has 2 nitrogen and oxygen atoms in total. The first-order valence-electron chi connectivity index (χ1n) is 5.41. The lowest BCUT2D eigenvalue weighted by Crippen LogP contribution is -2.18. The maximum atomic E-state index is 13.2. The molecule has 0 aliphatic carbocycles. The predicted octanol–water partition coefficient (Wildman–Crippen LogP) is 3.16. The number of hydrogen-bond acceptors (Lipinski definition) is 2. The van der Waals surface area contributed by atoms with Gasteiger partial charge in [0.15, 0.2) is 0 Å². The second-order valence-corrected chi connectivity index (χ2v) is 4.31. The van der Waals surface area contributed by atoms with Gasteiger partial charge in [0.25, 0.3) is 0 Å². The molecule has 4 heteroatoms. The maximum absolute atomic E-state index is 13.2. The molecule has 90 valence electrons. The third-order valence-electron chi connectivity index (χ3n) is 2.08. The average molecular weight is 246 g/mol. The van der Waals surface area contributed by atoms with E-state index in [0.29, 0.717) is 23.8 Å². The zero-order valence-corrected chi connectivity index (χ0v) is 10.4. The Bertz CT molecular complexity index is 355. The quantitative estimate of drug-likeness (QED) is 0.865. The molecule has 0 saturated heterocycles. The van der Waals surface area contributed by atoms with Crippen molar-refractivity contribution in [1.29, 1.82) is 0 Å². The topological polar surface area (TPSA) is 35.2 Å². The van der Waals surface area contributed by atoms with E-state index in [4.69, 9.17) is 22.1 Å². The van der Waals surface area contributed by atoms with Gasteiger partial charge >= 0.3 is 0 Å². The molecule has 0 aliphatic rings. The highest BCUT2D eigenvalue weighted by atomic mass is 35.5. The Morgan fingerprint density at radius 2 is 2.19 bits per heavy atom. The molecule has 0 aliphatic heterocycles. The van der Waals surface area contributed by atoms with Crippen LogP contribution in [0.2, 0.25) is 5.02 Å². The van der Waals surface area contributed by atoms with Gasteiger partial charge in [0.1, 0.15) is 11.6 Å². The van der Waals surface area contributed by atoms with Crippen molar-refractivity contribution < 1.29 is 9.13 Å². The Morgan fingerprint density at radius 3 is 2.75 bits per heavy atom. The Labute approximate surface area is 101 Å². The van der Waals surface area contributed by atoms with E-state index in [1.54, 1.807) is 0 Å². The Morgan fingerprint density at radius 1 is 1.50 bits per heavy atom. The zero-order chi connectivity index (χ0) is 12.1. The summed E-state index contributed by atoms with van der Waals surface area (Å²) < 4.78 is 18.7. The molecule has 0 aromatic heterocycles. The first-order chi connectivity index (χ1) is 7.54. The van der Waals surface area contributed by atoms with Gasteiger partial charge in [-0.25, -0.2) is 4.39 Å². The molecule has 0 heterocycles. The molecule has 1 unspecified atom stereocenters. The fraction of sp³-hybridized carbons (Fsp3) is 0.500. The maximum Gasteiger partial charge on any atom is 0.141 e. The smallest absolute Gasteiger partial charge is 0.141 e. The molecule has 0 radical (unpaired) electrons. The van der Waals surface area contributed by atoms with Crippen LogP contribution in [0.1, 0.15) is 25.8 Å². The summed E-state index contributed by atoms with van der Waals surface area (Å²) in [6.45, 7) is 4.43. The third-order valence-corrected chi connectivity index (χ3v) is 2.36. The second kappa shape index (κ2) is 6.06. The minimum absolute atomic E-state index is 0.0538. The van der Waals surface area contributed by atoms with Crippen LogP contribution < -0.4 is 10.5 Å². The highest BCUT2D eigenvalue weighted by Gasteiger charge is 2.12. The molecule has 1 aromatic carbocycles. The molecule has 2 N–H and O–H groups in total. The van der Waals surface area contributed by atoms with Crippen molar-refractivity contribution in [3.8, 4) is 5.75 Å². The summed E-state index contributed by atoms with van der Waals surface area (Å²) >= 11 is 5.95. The molecule has 0 spiro atoms. The number of ether oxygens (including phenoxy) is 1. The van der Waals surface area contributed by atoms with Crippen LogP contribution in [0.4, 0.5) is 4.39 Å². The molecule has 1 aromatic rings. The van der Waals surface area contributed by atoms with Crippen LogP contribution in [0.15, 0.2) is 12.1 Å². The van der Waals surface area contributed by atoms with Gasteiger partial charge in [0, 0.05) is 11.6 Å². The number of nitrogens with two attached hydrogens (primary N) is 1. The van der Waals surface area contributed by atoms with Gasteiger partial charge in [0.05, 0.1) is 11.6 Å². The molecule has 1 rings (SSSR count). The highest BCUT2D eigenvalue weighted by Crippen LogP contribution is 2.31. The number of benzene rings is 1. The fourth-order valence-corrected chi connectivity index (χ4v) is 1.76. The first kappa shape index (κ1) is 13.3. The molecule has 0 saturated carbocycles. The first-order valence-corrected chi connectivity index (χ1v) is 5.78. The highest BCUT2D eigenvalue weighted by molar-refractivity contribution is 6.32. The Balaban J connectivity index is 3.00. The standard InChI is InChI=1S/C12H17ClFNO/c1-3-4-16-12-9(5-8(2)15)6-10(14)7-11(12)13/h6-8H,3-5,15H2,1-2H3. The lowest BCUT2D eigenvalue weighted by Gasteiger charge is -2.14. The van der Waals surface area contributed by atoms with Gasteiger partial charge < -0.3 is 10.5 Å². The second-order valence-electron chi connectivity index (χ2n) is 3.91. The van der Waals surface area contributed by atoms with Crippen molar-refractivity contribution in [2.75, 3.05) is 6.61 Å². The van der Waals surface area contributed by atoms with E-state index < -0.39 is 0 Å². The summed E-state index contributed by atoms with van der Waals surface area (Å²) in [6, 6.07) is 2.64. The lowest BCUT2D eigenvalue weighted by atomic mass is 10.1. The van der Waals surface area contributed by atoms with Crippen molar-refractivity contribution in [3.63, 3.8) is 0 Å². The van der Waals surface area contributed by atoms with Gasteiger partial charge in [-0.05, 0) is 31.9 Å². The summed E-state index contributed by atoms with van der Waals surface area (Å²) in [6.07, 6.45) is 1.43. The van der Waals surface area contributed by atoms with Gasteiger partial charge in [-0.3, -0.25) is 0 Å². The van der Waals surface area contributed by atoms with E-state index in [1.165, 1.54) is 12.1 Å². The van der Waals surface area contributed by atoms with Gasteiger partial charge in [0.2, 0.25) is 0 Å². The van der Waals surface area contributed by atoms with Crippen LogP contribution >= 0.6 is 11.6 Å². The van der Waals surface area contributed by atoms with Gasteiger partial charge in [-0.15, -0.1) is 0 Å². The largest absolute Gasteiger partial charge is 0.492 e. The summed E-state index contributed by atoms with van der Waals surface area (Å²) in [4.78, 5) is 0. The van der Waals surface area contributed by atoms with E-state index in [2.05, 4.69) is 0 Å². The van der Waals surface area contributed by atoms with Crippen LogP contribution in [-0.2, 0) is 6.42 Å². The minimum atomic E-state index is -0.357. The van der Waals surface area contributed by atoms with Crippen LogP contribution in [0.25, 0.3) is 0 Å². The number of halogens is 2. The van der Waals surface area contributed by atoms with E-state index in [-0.39, 0.29) is 11.9 Å². The van der Waals surface area contributed by atoms with Gasteiger partial charge in [-0.2, -0.15) is 0 Å². The fourth-order valence-electron chi connectivity index (χ4n) is 1.48. The molecule has 0 fully saturated rings. The van der Waals surface area contributed by atoms with E-state index in [9.17, 15) is 4.39 Å². The normalized spacial score (nSPS) is 12.6. The Hall–Kier alpha value is -0.800.